The lowest BCUT2D eigenvalue weighted by molar-refractivity contribution is -0.119. The van der Waals surface area contributed by atoms with E-state index in [-0.39, 0.29) is 10.7 Å². The number of aromatic nitrogens is 1. The zero-order valence-corrected chi connectivity index (χ0v) is 14.0. The summed E-state index contributed by atoms with van der Waals surface area (Å²) in [6, 6.07) is 6.46. The monoisotopic (exact) mass is 352 g/mol. The van der Waals surface area contributed by atoms with Gasteiger partial charge in [0.15, 0.2) is 6.61 Å². The van der Waals surface area contributed by atoms with Gasteiger partial charge in [0.25, 0.3) is 5.91 Å². The second-order valence-corrected chi connectivity index (χ2v) is 5.72. The van der Waals surface area contributed by atoms with Crippen molar-refractivity contribution in [2.45, 2.75) is 13.8 Å². The first-order chi connectivity index (χ1) is 10.9. The predicted octanol–water partition coefficient (Wildman–Crippen LogP) is 3.80. The number of aryl methyl sites for hydroxylation is 2. The van der Waals surface area contributed by atoms with E-state index >= 15 is 0 Å². The van der Waals surface area contributed by atoms with Crippen molar-refractivity contribution in [2.24, 2.45) is 0 Å². The van der Waals surface area contributed by atoms with Gasteiger partial charge in [-0.05, 0) is 43.2 Å². The molecule has 0 unspecified atom stereocenters. The Hall–Kier alpha value is -2.11. The quantitative estimate of drug-likeness (QED) is 0.671. The molecule has 0 spiro atoms. The Balaban J connectivity index is 1.97. The number of nitrogens with one attached hydrogen (secondary N) is 1. The minimum atomic E-state index is -0.656. The van der Waals surface area contributed by atoms with Crippen molar-refractivity contribution in [3.63, 3.8) is 0 Å². The van der Waals surface area contributed by atoms with Crippen LogP contribution in [0.2, 0.25) is 10.2 Å². The molecule has 0 saturated carbocycles. The van der Waals surface area contributed by atoms with Crippen molar-refractivity contribution in [2.75, 3.05) is 11.9 Å². The number of amides is 1. The lowest BCUT2D eigenvalue weighted by Crippen LogP contribution is -2.21. The molecule has 0 aliphatic carbocycles. The van der Waals surface area contributed by atoms with E-state index in [1.165, 1.54) is 18.3 Å². The summed E-state index contributed by atoms with van der Waals surface area (Å²) in [7, 11) is 0. The second kappa shape index (κ2) is 7.44. The number of nitrogens with zero attached hydrogens (tertiary/aromatic N) is 1. The van der Waals surface area contributed by atoms with Gasteiger partial charge < -0.3 is 10.1 Å². The van der Waals surface area contributed by atoms with E-state index in [9.17, 15) is 9.59 Å². The number of hydrogen-bond donors (Lipinski definition) is 1. The number of hydrogen-bond acceptors (Lipinski definition) is 4. The first kappa shape index (κ1) is 17.2. The highest BCUT2D eigenvalue weighted by Gasteiger charge is 2.13. The van der Waals surface area contributed by atoms with Crippen molar-refractivity contribution >= 4 is 40.8 Å². The van der Waals surface area contributed by atoms with Crippen molar-refractivity contribution < 1.29 is 14.3 Å². The fourth-order valence-electron chi connectivity index (χ4n) is 1.99. The third-order valence-electron chi connectivity index (χ3n) is 2.99. The Morgan fingerprint density at radius 2 is 1.96 bits per heavy atom. The Kier molecular flexibility index (Phi) is 5.58. The van der Waals surface area contributed by atoms with E-state index in [1.54, 1.807) is 6.07 Å². The third-order valence-corrected chi connectivity index (χ3v) is 3.50. The molecule has 5 nitrogen and oxygen atoms in total. The molecule has 7 heteroatoms. The predicted molar refractivity (Wildman–Crippen MR) is 89.1 cm³/mol. The molecular weight excluding hydrogens is 339 g/mol. The molecule has 1 aromatic heterocycles. The summed E-state index contributed by atoms with van der Waals surface area (Å²) < 4.78 is 4.94. The van der Waals surface area contributed by atoms with E-state index in [2.05, 4.69) is 10.3 Å². The molecule has 2 rings (SSSR count). The van der Waals surface area contributed by atoms with Crippen molar-refractivity contribution in [1.29, 1.82) is 0 Å². The van der Waals surface area contributed by atoms with Gasteiger partial charge in [0.2, 0.25) is 0 Å². The summed E-state index contributed by atoms with van der Waals surface area (Å²) in [4.78, 5) is 27.5. The fourth-order valence-corrected chi connectivity index (χ4v) is 2.54. The highest BCUT2D eigenvalue weighted by Crippen LogP contribution is 2.27. The number of esters is 1. The van der Waals surface area contributed by atoms with Crippen molar-refractivity contribution in [3.8, 4) is 0 Å². The maximum atomic E-state index is 11.9. The molecule has 0 radical (unpaired) electrons. The van der Waals surface area contributed by atoms with Crippen LogP contribution in [0.25, 0.3) is 0 Å². The maximum Gasteiger partial charge on any atom is 0.338 e. The molecule has 23 heavy (non-hydrogen) atoms. The Morgan fingerprint density at radius 1 is 1.22 bits per heavy atom. The van der Waals surface area contributed by atoms with Gasteiger partial charge in [0, 0.05) is 6.20 Å². The summed E-state index contributed by atoms with van der Waals surface area (Å²) in [5, 5.41) is 3.24. The van der Waals surface area contributed by atoms with Gasteiger partial charge in [0.1, 0.15) is 5.15 Å². The molecule has 2 aromatic rings. The molecule has 0 aliphatic heterocycles. The van der Waals surface area contributed by atoms with Crippen LogP contribution in [0.3, 0.4) is 0 Å². The number of carbonyl (C=O) groups excluding carboxylic acids is 2. The average molecular weight is 353 g/mol. The summed E-state index contributed by atoms with van der Waals surface area (Å²) >= 11 is 11.8. The number of ether oxygens (including phenoxy) is 1. The molecule has 1 heterocycles. The zero-order valence-electron chi connectivity index (χ0n) is 12.5. The third kappa shape index (κ3) is 4.68. The molecule has 0 saturated heterocycles. The van der Waals surface area contributed by atoms with E-state index in [0.717, 1.165) is 11.1 Å². The first-order valence-corrected chi connectivity index (χ1v) is 7.47. The number of rotatable bonds is 4. The van der Waals surface area contributed by atoms with Gasteiger partial charge in [-0.15, -0.1) is 0 Å². The number of benzene rings is 1. The van der Waals surface area contributed by atoms with Crippen molar-refractivity contribution in [3.05, 3.63) is 57.3 Å². The van der Waals surface area contributed by atoms with Crippen LogP contribution in [0.4, 0.5) is 5.69 Å². The van der Waals surface area contributed by atoms with Gasteiger partial charge in [0.05, 0.1) is 16.3 Å². The largest absolute Gasteiger partial charge is 0.452 e. The standard InChI is InChI=1S/C16H14Cl2N2O3/c1-9-5-10(2)15(12(17)6-9)20-14(21)8-23-16(22)11-3-4-19-13(18)7-11/h3-7H,8H2,1-2H3,(H,20,21). The summed E-state index contributed by atoms with van der Waals surface area (Å²) in [5.41, 5.74) is 2.55. The van der Waals surface area contributed by atoms with Gasteiger partial charge >= 0.3 is 5.97 Å². The molecule has 1 amide bonds. The number of halogens is 2. The normalized spacial score (nSPS) is 10.3. The smallest absolute Gasteiger partial charge is 0.338 e. The Bertz CT molecular complexity index is 740. The van der Waals surface area contributed by atoms with Gasteiger partial charge in [-0.25, -0.2) is 9.78 Å². The highest BCUT2D eigenvalue weighted by molar-refractivity contribution is 6.34. The minimum Gasteiger partial charge on any atom is -0.452 e. The van der Waals surface area contributed by atoms with Gasteiger partial charge in [-0.3, -0.25) is 4.79 Å². The average Bonchev–Trinajstić information content (AvgIpc) is 2.48. The Morgan fingerprint density at radius 3 is 2.61 bits per heavy atom. The molecule has 0 aliphatic rings. The summed E-state index contributed by atoms with van der Waals surface area (Å²) in [6.07, 6.45) is 1.38. The number of pyridine rings is 1. The zero-order chi connectivity index (χ0) is 17.0. The van der Waals surface area contributed by atoms with E-state index in [0.29, 0.717) is 10.7 Å². The molecule has 0 bridgehead atoms. The van der Waals surface area contributed by atoms with Crippen LogP contribution in [-0.2, 0) is 9.53 Å². The molecule has 1 N–H and O–H groups in total. The first-order valence-electron chi connectivity index (χ1n) is 6.72. The summed E-state index contributed by atoms with van der Waals surface area (Å²) in [5.74, 6) is -1.14. The number of carbonyl (C=O) groups is 2. The van der Waals surface area contributed by atoms with Gasteiger partial charge in [-0.2, -0.15) is 0 Å². The molecule has 0 fully saturated rings. The lowest BCUT2D eigenvalue weighted by Gasteiger charge is -2.11. The van der Waals surface area contributed by atoms with Crippen LogP contribution < -0.4 is 5.32 Å². The van der Waals surface area contributed by atoms with Crippen molar-refractivity contribution in [1.82, 2.24) is 4.98 Å². The second-order valence-electron chi connectivity index (χ2n) is 4.93. The maximum absolute atomic E-state index is 11.9. The van der Waals surface area contributed by atoms with E-state index in [1.807, 2.05) is 19.9 Å². The fraction of sp³-hybridized carbons (Fsp3) is 0.188. The SMILES string of the molecule is Cc1cc(C)c(NC(=O)COC(=O)c2ccnc(Cl)c2)c(Cl)c1. The number of anilines is 1. The lowest BCUT2D eigenvalue weighted by atomic mass is 10.1. The van der Waals surface area contributed by atoms with Gasteiger partial charge in [-0.1, -0.05) is 29.3 Å². The van der Waals surface area contributed by atoms with Crippen LogP contribution in [0.5, 0.6) is 0 Å². The van der Waals surface area contributed by atoms with Crippen LogP contribution in [-0.4, -0.2) is 23.5 Å². The van der Waals surface area contributed by atoms with Crippen LogP contribution in [0.15, 0.2) is 30.5 Å². The summed E-state index contributed by atoms with van der Waals surface area (Å²) in [6.45, 7) is 3.31. The minimum absolute atomic E-state index is 0.172. The Labute approximate surface area is 143 Å². The molecule has 120 valence electrons. The molecular formula is C16H14Cl2N2O3. The topological polar surface area (TPSA) is 68.3 Å². The molecule has 0 atom stereocenters. The van der Waals surface area contributed by atoms with E-state index in [4.69, 9.17) is 27.9 Å². The van der Waals surface area contributed by atoms with Crippen LogP contribution >= 0.6 is 23.2 Å². The van der Waals surface area contributed by atoms with E-state index < -0.39 is 18.5 Å². The van der Waals surface area contributed by atoms with Crippen LogP contribution in [0.1, 0.15) is 21.5 Å². The highest BCUT2D eigenvalue weighted by atomic mass is 35.5. The molecule has 1 aromatic carbocycles. The van der Waals surface area contributed by atoms with Crippen LogP contribution in [0, 0.1) is 13.8 Å².